The molecule has 1 aromatic carbocycles. The van der Waals surface area contributed by atoms with Crippen LogP contribution in [-0.2, 0) is 21.2 Å². The molecule has 6 heteroatoms. The van der Waals surface area contributed by atoms with Crippen LogP contribution in [0.4, 0.5) is 0 Å². The molecule has 0 saturated carbocycles. The largest absolute Gasteiger partial charge is 0.340 e. The van der Waals surface area contributed by atoms with Gasteiger partial charge in [-0.3, -0.25) is 4.79 Å². The fourth-order valence-electron chi connectivity index (χ4n) is 2.92. The van der Waals surface area contributed by atoms with Gasteiger partial charge in [-0.2, -0.15) is 4.31 Å². The van der Waals surface area contributed by atoms with Crippen LogP contribution in [0.5, 0.6) is 0 Å². The Kier molecular flexibility index (Phi) is 6.40. The summed E-state index contributed by atoms with van der Waals surface area (Å²) >= 11 is 0. The number of aryl methyl sites for hydroxylation is 1. The summed E-state index contributed by atoms with van der Waals surface area (Å²) < 4.78 is 27.0. The highest BCUT2D eigenvalue weighted by atomic mass is 32.2. The standard InChI is InChI=1S/C18H28N2O3S/c1-4-5-16-6-8-17(9-7-16)24(22,23)20-12-10-19(11-13-20)18(21)14-15(2)3/h6-9,15H,4-5,10-14H2,1-3H3. The van der Waals surface area contributed by atoms with Crippen molar-refractivity contribution in [1.29, 1.82) is 0 Å². The maximum atomic E-state index is 12.7. The molecule has 5 nitrogen and oxygen atoms in total. The van der Waals surface area contributed by atoms with Crippen molar-refractivity contribution in [2.24, 2.45) is 5.92 Å². The Hall–Kier alpha value is -1.40. The van der Waals surface area contributed by atoms with Crippen LogP contribution in [-0.4, -0.2) is 49.7 Å². The highest BCUT2D eigenvalue weighted by Crippen LogP contribution is 2.19. The monoisotopic (exact) mass is 352 g/mol. The van der Waals surface area contributed by atoms with E-state index in [1.807, 2.05) is 26.0 Å². The van der Waals surface area contributed by atoms with Gasteiger partial charge in [0.1, 0.15) is 0 Å². The summed E-state index contributed by atoms with van der Waals surface area (Å²) in [7, 11) is -3.47. The Morgan fingerprint density at radius 1 is 1.08 bits per heavy atom. The summed E-state index contributed by atoms with van der Waals surface area (Å²) in [6.07, 6.45) is 2.51. The highest BCUT2D eigenvalue weighted by Gasteiger charge is 2.30. The lowest BCUT2D eigenvalue weighted by Gasteiger charge is -2.34. The molecule has 1 saturated heterocycles. The van der Waals surface area contributed by atoms with Crippen LogP contribution in [0.15, 0.2) is 29.2 Å². The van der Waals surface area contributed by atoms with Gasteiger partial charge in [0.05, 0.1) is 4.90 Å². The molecule has 0 unspecified atom stereocenters. The molecular weight excluding hydrogens is 324 g/mol. The van der Waals surface area contributed by atoms with E-state index in [0.29, 0.717) is 43.4 Å². The van der Waals surface area contributed by atoms with Crippen molar-refractivity contribution in [3.05, 3.63) is 29.8 Å². The molecule has 0 N–H and O–H groups in total. The number of nitrogens with zero attached hydrogens (tertiary/aromatic N) is 2. The maximum Gasteiger partial charge on any atom is 0.243 e. The average molecular weight is 353 g/mol. The molecule has 0 aliphatic carbocycles. The van der Waals surface area contributed by atoms with Crippen molar-refractivity contribution >= 4 is 15.9 Å². The van der Waals surface area contributed by atoms with Gasteiger partial charge >= 0.3 is 0 Å². The molecule has 2 rings (SSSR count). The number of benzene rings is 1. The number of carbonyl (C=O) groups excluding carboxylic acids is 1. The number of piperazine rings is 1. The predicted molar refractivity (Wildman–Crippen MR) is 95.2 cm³/mol. The van der Waals surface area contributed by atoms with Crippen molar-refractivity contribution in [3.8, 4) is 0 Å². The van der Waals surface area contributed by atoms with Gasteiger partial charge in [-0.15, -0.1) is 0 Å². The van der Waals surface area contributed by atoms with Crippen molar-refractivity contribution < 1.29 is 13.2 Å². The summed E-state index contributed by atoms with van der Waals surface area (Å²) in [4.78, 5) is 14.2. The van der Waals surface area contributed by atoms with Gasteiger partial charge in [-0.1, -0.05) is 39.3 Å². The van der Waals surface area contributed by atoms with Gasteiger partial charge in [0.25, 0.3) is 0 Å². The summed E-state index contributed by atoms with van der Waals surface area (Å²) in [5.74, 6) is 0.437. The van der Waals surface area contributed by atoms with E-state index in [1.54, 1.807) is 17.0 Å². The molecule has 1 aliphatic heterocycles. The van der Waals surface area contributed by atoms with Gasteiger partial charge < -0.3 is 4.90 Å². The van der Waals surface area contributed by atoms with Gasteiger partial charge in [0.15, 0.2) is 0 Å². The first kappa shape index (κ1) is 18.9. The Morgan fingerprint density at radius 3 is 2.17 bits per heavy atom. The number of hydrogen-bond donors (Lipinski definition) is 0. The molecule has 134 valence electrons. The third-order valence-electron chi connectivity index (χ3n) is 4.27. The van der Waals surface area contributed by atoms with Crippen LogP contribution in [0.2, 0.25) is 0 Å². The van der Waals surface area contributed by atoms with Crippen LogP contribution in [0.1, 0.15) is 39.2 Å². The number of carbonyl (C=O) groups is 1. The lowest BCUT2D eigenvalue weighted by atomic mass is 10.1. The van der Waals surface area contributed by atoms with Crippen molar-refractivity contribution in [1.82, 2.24) is 9.21 Å². The molecule has 1 aromatic rings. The Labute approximate surface area is 145 Å². The molecule has 1 aliphatic rings. The first-order valence-electron chi connectivity index (χ1n) is 8.71. The number of sulfonamides is 1. The zero-order chi connectivity index (χ0) is 17.7. The minimum absolute atomic E-state index is 0.117. The first-order chi connectivity index (χ1) is 11.3. The lowest BCUT2D eigenvalue weighted by Crippen LogP contribution is -2.50. The van der Waals surface area contributed by atoms with E-state index in [0.717, 1.165) is 18.4 Å². The van der Waals surface area contributed by atoms with Crippen LogP contribution in [0, 0.1) is 5.92 Å². The second kappa shape index (κ2) is 8.12. The minimum Gasteiger partial charge on any atom is -0.340 e. The third-order valence-corrected chi connectivity index (χ3v) is 6.19. The Balaban J connectivity index is 2.00. The molecule has 1 heterocycles. The quantitative estimate of drug-likeness (QED) is 0.790. The van der Waals surface area contributed by atoms with Crippen LogP contribution in [0.3, 0.4) is 0 Å². The topological polar surface area (TPSA) is 57.7 Å². The average Bonchev–Trinajstić information content (AvgIpc) is 2.55. The summed E-state index contributed by atoms with van der Waals surface area (Å²) in [5, 5.41) is 0. The highest BCUT2D eigenvalue weighted by molar-refractivity contribution is 7.89. The summed E-state index contributed by atoms with van der Waals surface area (Å²) in [5.41, 5.74) is 1.15. The SMILES string of the molecule is CCCc1ccc(S(=O)(=O)N2CCN(C(=O)CC(C)C)CC2)cc1. The first-order valence-corrected chi connectivity index (χ1v) is 10.2. The fraction of sp³-hybridized carbons (Fsp3) is 0.611. The fourth-order valence-corrected chi connectivity index (χ4v) is 4.34. The smallest absolute Gasteiger partial charge is 0.243 e. The van der Waals surface area contributed by atoms with E-state index in [-0.39, 0.29) is 5.91 Å². The number of rotatable bonds is 6. The summed E-state index contributed by atoms with van der Waals surface area (Å²) in [6, 6.07) is 7.16. The van der Waals surface area contributed by atoms with E-state index in [1.165, 1.54) is 4.31 Å². The van der Waals surface area contributed by atoms with Gasteiger partial charge in [0.2, 0.25) is 15.9 Å². The molecule has 0 atom stereocenters. The minimum atomic E-state index is -3.47. The maximum absolute atomic E-state index is 12.7. The number of hydrogen-bond acceptors (Lipinski definition) is 3. The van der Waals surface area contributed by atoms with Gasteiger partial charge in [-0.05, 0) is 30.0 Å². The lowest BCUT2D eigenvalue weighted by molar-refractivity contribution is -0.133. The zero-order valence-electron chi connectivity index (χ0n) is 14.9. The van der Waals surface area contributed by atoms with Gasteiger partial charge in [0, 0.05) is 32.6 Å². The van der Waals surface area contributed by atoms with E-state index in [2.05, 4.69) is 6.92 Å². The second-order valence-corrected chi connectivity index (χ2v) is 8.71. The Bertz CT molecular complexity index is 645. The predicted octanol–water partition coefficient (Wildman–Crippen LogP) is 2.52. The summed E-state index contributed by atoms with van der Waals surface area (Å²) in [6.45, 7) is 7.80. The molecular formula is C18H28N2O3S. The molecule has 1 amide bonds. The number of amides is 1. The van der Waals surface area contributed by atoms with Crippen LogP contribution in [0.25, 0.3) is 0 Å². The molecule has 0 spiro atoms. The van der Waals surface area contributed by atoms with Crippen molar-refractivity contribution in [2.75, 3.05) is 26.2 Å². The Morgan fingerprint density at radius 2 is 1.67 bits per heavy atom. The zero-order valence-corrected chi connectivity index (χ0v) is 15.7. The molecule has 0 radical (unpaired) electrons. The second-order valence-electron chi connectivity index (χ2n) is 6.78. The molecule has 0 bridgehead atoms. The molecule has 24 heavy (non-hydrogen) atoms. The third kappa shape index (κ3) is 4.57. The molecule has 0 aromatic heterocycles. The van der Waals surface area contributed by atoms with Crippen LogP contribution < -0.4 is 0 Å². The van der Waals surface area contributed by atoms with E-state index < -0.39 is 10.0 Å². The normalized spacial score (nSPS) is 16.6. The van der Waals surface area contributed by atoms with Crippen LogP contribution >= 0.6 is 0 Å². The van der Waals surface area contributed by atoms with Crippen molar-refractivity contribution in [2.45, 2.75) is 44.9 Å². The van der Waals surface area contributed by atoms with E-state index in [4.69, 9.17) is 0 Å². The van der Waals surface area contributed by atoms with Crippen molar-refractivity contribution in [3.63, 3.8) is 0 Å². The van der Waals surface area contributed by atoms with Gasteiger partial charge in [-0.25, -0.2) is 8.42 Å². The van der Waals surface area contributed by atoms with E-state index >= 15 is 0 Å². The van der Waals surface area contributed by atoms with E-state index in [9.17, 15) is 13.2 Å². The molecule has 1 fully saturated rings.